The standard InChI is InChI=1S/C14H19N3/c1-5-12-10(4)14(17-15)11-7-6-8(2)9(3)13(11)16-12/h6-7H,5,15H2,1-4H3,(H,16,17). The summed E-state index contributed by atoms with van der Waals surface area (Å²) < 4.78 is 0. The average molecular weight is 229 g/mol. The molecule has 0 spiro atoms. The average Bonchev–Trinajstić information content (AvgIpc) is 2.33. The SMILES string of the molecule is CCc1nc2c(C)c(C)ccc2c(NN)c1C. The van der Waals surface area contributed by atoms with Gasteiger partial charge in [-0.3, -0.25) is 10.8 Å². The molecule has 2 rings (SSSR count). The normalized spacial score (nSPS) is 10.9. The third-order valence-electron chi connectivity index (χ3n) is 3.51. The van der Waals surface area contributed by atoms with E-state index in [2.05, 4.69) is 45.3 Å². The summed E-state index contributed by atoms with van der Waals surface area (Å²) in [7, 11) is 0. The van der Waals surface area contributed by atoms with Gasteiger partial charge in [0.2, 0.25) is 0 Å². The number of hydrazine groups is 1. The highest BCUT2D eigenvalue weighted by Crippen LogP contribution is 2.30. The number of hydrogen-bond acceptors (Lipinski definition) is 3. The second-order valence-corrected chi connectivity index (χ2v) is 4.46. The molecule has 17 heavy (non-hydrogen) atoms. The fourth-order valence-corrected chi connectivity index (χ4v) is 2.24. The molecule has 3 nitrogen and oxygen atoms in total. The predicted octanol–water partition coefficient (Wildman–Crippen LogP) is 3.01. The molecule has 0 bridgehead atoms. The minimum absolute atomic E-state index is 0.920. The van der Waals surface area contributed by atoms with Crippen molar-refractivity contribution in [1.29, 1.82) is 0 Å². The largest absolute Gasteiger partial charge is 0.323 e. The second-order valence-electron chi connectivity index (χ2n) is 4.46. The fraction of sp³-hybridized carbons (Fsp3) is 0.357. The van der Waals surface area contributed by atoms with Crippen molar-refractivity contribution in [2.75, 3.05) is 5.43 Å². The van der Waals surface area contributed by atoms with Gasteiger partial charge in [0.25, 0.3) is 0 Å². The van der Waals surface area contributed by atoms with Crippen LogP contribution in [0.15, 0.2) is 12.1 Å². The Balaban J connectivity index is 2.92. The summed E-state index contributed by atoms with van der Waals surface area (Å²) >= 11 is 0. The van der Waals surface area contributed by atoms with Gasteiger partial charge in [0.15, 0.2) is 0 Å². The number of benzene rings is 1. The molecule has 0 radical (unpaired) electrons. The lowest BCUT2D eigenvalue weighted by molar-refractivity contribution is 1.02. The molecule has 0 saturated heterocycles. The Morgan fingerprint density at radius 2 is 1.88 bits per heavy atom. The van der Waals surface area contributed by atoms with Crippen molar-refractivity contribution in [2.45, 2.75) is 34.1 Å². The summed E-state index contributed by atoms with van der Waals surface area (Å²) in [6.07, 6.45) is 0.920. The number of hydrogen-bond donors (Lipinski definition) is 2. The van der Waals surface area contributed by atoms with Crippen LogP contribution in [-0.2, 0) is 6.42 Å². The first-order valence-electron chi connectivity index (χ1n) is 5.96. The smallest absolute Gasteiger partial charge is 0.0758 e. The summed E-state index contributed by atoms with van der Waals surface area (Å²) in [5.74, 6) is 5.65. The Hall–Kier alpha value is -1.61. The molecule has 2 aromatic rings. The van der Waals surface area contributed by atoms with Crippen LogP contribution >= 0.6 is 0 Å². The lowest BCUT2D eigenvalue weighted by Crippen LogP contribution is -2.11. The first-order chi connectivity index (χ1) is 8.10. The lowest BCUT2D eigenvalue weighted by Gasteiger charge is -2.15. The molecule has 1 aromatic carbocycles. The molecule has 0 aliphatic carbocycles. The Labute approximate surface area is 102 Å². The van der Waals surface area contributed by atoms with Crippen LogP contribution in [0.5, 0.6) is 0 Å². The van der Waals surface area contributed by atoms with Crippen LogP contribution in [-0.4, -0.2) is 4.98 Å². The van der Waals surface area contributed by atoms with E-state index in [1.165, 1.54) is 11.1 Å². The monoisotopic (exact) mass is 229 g/mol. The van der Waals surface area contributed by atoms with Gasteiger partial charge in [-0.05, 0) is 43.9 Å². The molecule has 0 aliphatic rings. The number of nitrogens with one attached hydrogen (secondary N) is 1. The molecule has 0 fully saturated rings. The minimum atomic E-state index is 0.920. The van der Waals surface area contributed by atoms with Gasteiger partial charge in [-0.25, -0.2) is 0 Å². The zero-order valence-corrected chi connectivity index (χ0v) is 10.9. The number of aromatic nitrogens is 1. The van der Waals surface area contributed by atoms with E-state index in [-0.39, 0.29) is 0 Å². The number of nitrogens with zero attached hydrogens (tertiary/aromatic N) is 1. The summed E-state index contributed by atoms with van der Waals surface area (Å²) in [6, 6.07) is 4.21. The number of anilines is 1. The molecule has 0 amide bonds. The van der Waals surface area contributed by atoms with Crippen molar-refractivity contribution in [1.82, 2.24) is 4.98 Å². The molecular weight excluding hydrogens is 210 g/mol. The molecule has 90 valence electrons. The van der Waals surface area contributed by atoms with Gasteiger partial charge in [0.05, 0.1) is 11.2 Å². The fourth-order valence-electron chi connectivity index (χ4n) is 2.24. The predicted molar refractivity (Wildman–Crippen MR) is 73.1 cm³/mol. The van der Waals surface area contributed by atoms with Crippen molar-refractivity contribution >= 4 is 16.6 Å². The van der Waals surface area contributed by atoms with Crippen LogP contribution in [0.3, 0.4) is 0 Å². The van der Waals surface area contributed by atoms with Crippen LogP contribution in [0.4, 0.5) is 5.69 Å². The first-order valence-corrected chi connectivity index (χ1v) is 5.96. The zero-order chi connectivity index (χ0) is 12.6. The molecule has 0 aliphatic heterocycles. The zero-order valence-electron chi connectivity index (χ0n) is 10.9. The van der Waals surface area contributed by atoms with E-state index in [1.807, 2.05) is 0 Å². The molecule has 0 atom stereocenters. The van der Waals surface area contributed by atoms with Gasteiger partial charge >= 0.3 is 0 Å². The highest BCUT2D eigenvalue weighted by molar-refractivity contribution is 5.95. The first kappa shape index (κ1) is 11.9. The van der Waals surface area contributed by atoms with E-state index in [0.717, 1.165) is 34.3 Å². The molecule has 1 heterocycles. The number of aryl methyl sites for hydroxylation is 3. The molecule has 0 unspecified atom stereocenters. The maximum absolute atomic E-state index is 5.65. The molecule has 3 N–H and O–H groups in total. The summed E-state index contributed by atoms with van der Waals surface area (Å²) in [5.41, 5.74) is 9.62. The Kier molecular flexibility index (Phi) is 3.03. The maximum Gasteiger partial charge on any atom is 0.0758 e. The summed E-state index contributed by atoms with van der Waals surface area (Å²) in [4.78, 5) is 4.77. The van der Waals surface area contributed by atoms with E-state index in [4.69, 9.17) is 10.8 Å². The third-order valence-corrected chi connectivity index (χ3v) is 3.51. The van der Waals surface area contributed by atoms with Gasteiger partial charge in [-0.1, -0.05) is 19.1 Å². The Morgan fingerprint density at radius 1 is 1.18 bits per heavy atom. The van der Waals surface area contributed by atoms with Crippen molar-refractivity contribution in [2.24, 2.45) is 5.84 Å². The van der Waals surface area contributed by atoms with Gasteiger partial charge in [0.1, 0.15) is 0 Å². The molecule has 3 heteroatoms. The quantitative estimate of drug-likeness (QED) is 0.615. The molecular formula is C14H19N3. The maximum atomic E-state index is 5.65. The molecule has 1 aromatic heterocycles. The van der Waals surface area contributed by atoms with Crippen molar-refractivity contribution in [3.63, 3.8) is 0 Å². The van der Waals surface area contributed by atoms with Crippen LogP contribution < -0.4 is 11.3 Å². The third kappa shape index (κ3) is 1.76. The number of fused-ring (bicyclic) bond motifs is 1. The van der Waals surface area contributed by atoms with Crippen LogP contribution in [0.2, 0.25) is 0 Å². The van der Waals surface area contributed by atoms with E-state index in [1.54, 1.807) is 0 Å². The highest BCUT2D eigenvalue weighted by atomic mass is 15.2. The lowest BCUT2D eigenvalue weighted by atomic mass is 10.0. The molecule has 0 saturated carbocycles. The van der Waals surface area contributed by atoms with Crippen molar-refractivity contribution in [3.8, 4) is 0 Å². The minimum Gasteiger partial charge on any atom is -0.323 e. The second kappa shape index (κ2) is 4.34. The van der Waals surface area contributed by atoms with Crippen LogP contribution in [0, 0.1) is 20.8 Å². The summed E-state index contributed by atoms with van der Waals surface area (Å²) in [5, 5.41) is 1.10. The van der Waals surface area contributed by atoms with Gasteiger partial charge in [-0.15, -0.1) is 0 Å². The van der Waals surface area contributed by atoms with Gasteiger partial charge < -0.3 is 5.43 Å². The van der Waals surface area contributed by atoms with E-state index >= 15 is 0 Å². The van der Waals surface area contributed by atoms with E-state index < -0.39 is 0 Å². The van der Waals surface area contributed by atoms with E-state index in [9.17, 15) is 0 Å². The highest BCUT2D eigenvalue weighted by Gasteiger charge is 2.12. The van der Waals surface area contributed by atoms with Crippen molar-refractivity contribution in [3.05, 3.63) is 34.5 Å². The number of nitrogens with two attached hydrogens (primary N) is 1. The van der Waals surface area contributed by atoms with Crippen LogP contribution in [0.25, 0.3) is 10.9 Å². The van der Waals surface area contributed by atoms with Gasteiger partial charge in [0, 0.05) is 11.1 Å². The Morgan fingerprint density at radius 3 is 2.47 bits per heavy atom. The number of pyridine rings is 1. The van der Waals surface area contributed by atoms with Crippen molar-refractivity contribution < 1.29 is 0 Å². The number of rotatable bonds is 2. The topological polar surface area (TPSA) is 50.9 Å². The van der Waals surface area contributed by atoms with E-state index in [0.29, 0.717) is 0 Å². The number of nitrogen functional groups attached to an aromatic ring is 1. The van der Waals surface area contributed by atoms with Gasteiger partial charge in [-0.2, -0.15) is 0 Å². The Bertz CT molecular complexity index is 573. The summed E-state index contributed by atoms with van der Waals surface area (Å²) in [6.45, 7) is 8.40. The van der Waals surface area contributed by atoms with Crippen LogP contribution in [0.1, 0.15) is 29.3 Å².